The fourth-order valence-corrected chi connectivity index (χ4v) is 3.84. The Labute approximate surface area is 167 Å². The third-order valence-corrected chi connectivity index (χ3v) is 5.92. The van der Waals surface area contributed by atoms with Crippen molar-refractivity contribution < 1.29 is 22.7 Å². The molecular weight excluding hydrogens is 382 g/mol. The maximum absolute atomic E-state index is 12.5. The van der Waals surface area contributed by atoms with E-state index < -0.39 is 27.8 Å². The monoisotopic (exact) mass is 413 g/mol. The molecule has 0 aliphatic rings. The molecule has 0 heterocycles. The Morgan fingerprint density at radius 2 is 1.64 bits per heavy atom. The molecule has 0 unspecified atom stereocenters. The van der Waals surface area contributed by atoms with Gasteiger partial charge in [0.25, 0.3) is 0 Å². The molecule has 0 spiro atoms. The predicted molar refractivity (Wildman–Crippen MR) is 107 cm³/mol. The van der Waals surface area contributed by atoms with Crippen molar-refractivity contribution in [2.75, 3.05) is 13.1 Å². The van der Waals surface area contributed by atoms with Gasteiger partial charge in [0, 0.05) is 19.6 Å². The van der Waals surface area contributed by atoms with E-state index in [1.165, 1.54) is 16.4 Å². The van der Waals surface area contributed by atoms with Crippen LogP contribution in [-0.4, -0.2) is 49.5 Å². The third-order valence-electron chi connectivity index (χ3n) is 3.86. The Kier molecular flexibility index (Phi) is 8.44. The van der Waals surface area contributed by atoms with Crippen LogP contribution in [0.25, 0.3) is 0 Å². The molecule has 0 saturated carbocycles. The molecule has 8 nitrogen and oxygen atoms in total. The van der Waals surface area contributed by atoms with Crippen LogP contribution in [0, 0.1) is 0 Å². The molecule has 0 radical (unpaired) electrons. The van der Waals surface area contributed by atoms with Crippen LogP contribution in [0.2, 0.25) is 0 Å². The van der Waals surface area contributed by atoms with E-state index in [-0.39, 0.29) is 17.3 Å². The summed E-state index contributed by atoms with van der Waals surface area (Å²) >= 11 is 0. The number of nitrogens with one attached hydrogen (secondary N) is 2. The van der Waals surface area contributed by atoms with Crippen molar-refractivity contribution in [3.63, 3.8) is 0 Å². The highest BCUT2D eigenvalue weighted by Gasteiger charge is 2.22. The standard InChI is InChI=1S/C19H31N3O5S/c1-7-22(8-2)28(25,26)16-11-9-15(10-12-16)13-20-17(23)14(3)21-18(24)27-19(4,5)6/h9-12,14H,7-8,13H2,1-6H3,(H,20,23)(H,21,24)/t14-/m1/s1. The number of hydrogen-bond acceptors (Lipinski definition) is 5. The number of amides is 2. The summed E-state index contributed by atoms with van der Waals surface area (Å²) in [6, 6.07) is 5.59. The van der Waals surface area contributed by atoms with Gasteiger partial charge in [0.05, 0.1) is 4.90 Å². The van der Waals surface area contributed by atoms with Gasteiger partial charge in [-0.1, -0.05) is 26.0 Å². The van der Waals surface area contributed by atoms with E-state index in [9.17, 15) is 18.0 Å². The molecule has 1 aromatic rings. The second kappa shape index (κ2) is 9.88. The largest absolute Gasteiger partial charge is 0.444 e. The molecule has 1 atom stereocenters. The molecular formula is C19H31N3O5S. The van der Waals surface area contributed by atoms with Crippen LogP contribution in [0.3, 0.4) is 0 Å². The lowest BCUT2D eigenvalue weighted by atomic mass is 10.2. The van der Waals surface area contributed by atoms with Gasteiger partial charge in [-0.15, -0.1) is 0 Å². The summed E-state index contributed by atoms with van der Waals surface area (Å²) < 4.78 is 31.4. The number of nitrogens with zero attached hydrogens (tertiary/aromatic N) is 1. The van der Waals surface area contributed by atoms with Crippen LogP contribution >= 0.6 is 0 Å². The van der Waals surface area contributed by atoms with Crippen molar-refractivity contribution in [3.8, 4) is 0 Å². The van der Waals surface area contributed by atoms with E-state index in [2.05, 4.69) is 10.6 Å². The number of ether oxygens (including phenoxy) is 1. The number of benzene rings is 1. The summed E-state index contributed by atoms with van der Waals surface area (Å²) in [6.07, 6.45) is -0.666. The molecule has 0 aliphatic carbocycles. The van der Waals surface area contributed by atoms with Crippen molar-refractivity contribution in [3.05, 3.63) is 29.8 Å². The maximum Gasteiger partial charge on any atom is 0.408 e. The molecule has 9 heteroatoms. The predicted octanol–water partition coefficient (Wildman–Crippen LogP) is 2.25. The van der Waals surface area contributed by atoms with Crippen molar-refractivity contribution >= 4 is 22.0 Å². The van der Waals surface area contributed by atoms with Crippen LogP contribution < -0.4 is 10.6 Å². The topological polar surface area (TPSA) is 105 Å². The molecule has 0 aliphatic heterocycles. The Bertz CT molecular complexity index is 766. The summed E-state index contributed by atoms with van der Waals surface area (Å²) in [6.45, 7) is 11.4. The van der Waals surface area contributed by atoms with Gasteiger partial charge < -0.3 is 15.4 Å². The van der Waals surface area contributed by atoms with Crippen LogP contribution in [-0.2, 0) is 26.1 Å². The van der Waals surface area contributed by atoms with Crippen molar-refractivity contribution in [1.29, 1.82) is 0 Å². The first-order valence-corrected chi connectivity index (χ1v) is 10.7. The minimum absolute atomic E-state index is 0.213. The first-order valence-electron chi connectivity index (χ1n) is 9.27. The Morgan fingerprint density at radius 3 is 2.11 bits per heavy atom. The summed E-state index contributed by atoms with van der Waals surface area (Å²) in [5.74, 6) is -0.370. The highest BCUT2D eigenvalue weighted by Crippen LogP contribution is 2.16. The van der Waals surface area contributed by atoms with E-state index in [0.29, 0.717) is 13.1 Å². The van der Waals surface area contributed by atoms with Crippen molar-refractivity contribution in [2.45, 2.75) is 64.6 Å². The zero-order valence-electron chi connectivity index (χ0n) is 17.4. The Morgan fingerprint density at radius 1 is 1.11 bits per heavy atom. The van der Waals surface area contributed by atoms with Gasteiger partial charge in [0.15, 0.2) is 0 Å². The highest BCUT2D eigenvalue weighted by molar-refractivity contribution is 7.89. The lowest BCUT2D eigenvalue weighted by molar-refractivity contribution is -0.122. The summed E-state index contributed by atoms with van der Waals surface area (Å²) in [5, 5.41) is 5.17. The fourth-order valence-electron chi connectivity index (χ4n) is 2.38. The SMILES string of the molecule is CCN(CC)S(=O)(=O)c1ccc(CNC(=O)[C@@H](C)NC(=O)OC(C)(C)C)cc1. The molecule has 1 aromatic carbocycles. The number of sulfonamides is 1. The number of hydrogen-bond donors (Lipinski definition) is 2. The smallest absolute Gasteiger partial charge is 0.408 e. The second-order valence-corrected chi connectivity index (χ2v) is 9.26. The zero-order valence-corrected chi connectivity index (χ0v) is 18.2. The van der Waals surface area contributed by atoms with E-state index in [1.54, 1.807) is 53.7 Å². The molecule has 2 N–H and O–H groups in total. The van der Waals surface area contributed by atoms with Gasteiger partial charge in [0.1, 0.15) is 11.6 Å². The maximum atomic E-state index is 12.5. The van der Waals surface area contributed by atoms with E-state index in [4.69, 9.17) is 4.74 Å². The zero-order chi connectivity index (χ0) is 21.5. The molecule has 28 heavy (non-hydrogen) atoms. The summed E-state index contributed by atoms with van der Waals surface area (Å²) in [5.41, 5.74) is 0.101. The first kappa shape index (κ1) is 23.9. The molecule has 1 rings (SSSR count). The lowest BCUT2D eigenvalue weighted by Gasteiger charge is -2.21. The molecule has 158 valence electrons. The average molecular weight is 414 g/mol. The van der Waals surface area contributed by atoms with E-state index >= 15 is 0 Å². The number of carbonyl (C=O) groups is 2. The Balaban J connectivity index is 2.64. The summed E-state index contributed by atoms with van der Waals surface area (Å²) in [4.78, 5) is 24.1. The lowest BCUT2D eigenvalue weighted by Crippen LogP contribution is -2.46. The van der Waals surface area contributed by atoms with Gasteiger partial charge in [0.2, 0.25) is 15.9 Å². The van der Waals surface area contributed by atoms with Crippen molar-refractivity contribution in [2.24, 2.45) is 0 Å². The van der Waals surface area contributed by atoms with E-state index in [1.807, 2.05) is 0 Å². The van der Waals surface area contributed by atoms with Gasteiger partial charge in [-0.2, -0.15) is 4.31 Å². The summed E-state index contributed by atoms with van der Waals surface area (Å²) in [7, 11) is -3.51. The van der Waals surface area contributed by atoms with Crippen LogP contribution in [0.4, 0.5) is 4.79 Å². The minimum atomic E-state index is -3.51. The van der Waals surface area contributed by atoms with E-state index in [0.717, 1.165) is 5.56 Å². The number of alkyl carbamates (subject to hydrolysis) is 1. The normalized spacial score (nSPS) is 13.1. The van der Waals surface area contributed by atoms with Gasteiger partial charge in [-0.25, -0.2) is 13.2 Å². The van der Waals surface area contributed by atoms with Gasteiger partial charge in [-0.3, -0.25) is 4.79 Å². The molecule has 0 fully saturated rings. The molecule has 0 saturated heterocycles. The van der Waals surface area contributed by atoms with Crippen molar-refractivity contribution in [1.82, 2.24) is 14.9 Å². The number of rotatable bonds is 8. The quantitative estimate of drug-likeness (QED) is 0.680. The van der Waals surface area contributed by atoms with Crippen LogP contribution in [0.1, 0.15) is 47.1 Å². The molecule has 0 bridgehead atoms. The third kappa shape index (κ3) is 7.12. The number of carbonyl (C=O) groups excluding carboxylic acids is 2. The molecule has 2 amide bonds. The first-order chi connectivity index (χ1) is 12.9. The highest BCUT2D eigenvalue weighted by atomic mass is 32.2. The minimum Gasteiger partial charge on any atom is -0.444 e. The van der Waals surface area contributed by atoms with Gasteiger partial charge in [-0.05, 0) is 45.4 Å². The second-order valence-electron chi connectivity index (χ2n) is 7.32. The fraction of sp³-hybridized carbons (Fsp3) is 0.579. The van der Waals surface area contributed by atoms with Gasteiger partial charge >= 0.3 is 6.09 Å². The van der Waals surface area contributed by atoms with Crippen LogP contribution in [0.5, 0.6) is 0 Å². The average Bonchev–Trinajstić information content (AvgIpc) is 2.59. The molecule has 0 aromatic heterocycles. The Hall–Kier alpha value is -2.13. The van der Waals surface area contributed by atoms with Crippen LogP contribution in [0.15, 0.2) is 29.2 Å².